The highest BCUT2D eigenvalue weighted by atomic mass is 16.5. The van der Waals surface area contributed by atoms with Crippen molar-refractivity contribution in [2.45, 2.75) is 31.2 Å². The monoisotopic (exact) mass is 394 g/mol. The minimum absolute atomic E-state index is 0.0448. The molecule has 154 valence electrons. The van der Waals surface area contributed by atoms with Crippen molar-refractivity contribution >= 4 is 5.91 Å². The van der Waals surface area contributed by atoms with Crippen molar-refractivity contribution in [3.05, 3.63) is 67.3 Å². The van der Waals surface area contributed by atoms with Crippen LogP contribution < -0.4 is 5.32 Å². The third-order valence-electron chi connectivity index (χ3n) is 6.35. The van der Waals surface area contributed by atoms with Crippen molar-refractivity contribution in [3.63, 3.8) is 0 Å². The average Bonchev–Trinajstić information content (AvgIpc) is 3.39. The standard InChI is InChI=1S/C23H30N4O2/c1-3-27-15-19(14-25-27)22(28)26-11-9-23(10-12-26,17-29-2)16-24-21-13-20(21)18-7-5-4-6-8-18/h3-8,14-15,20-21,24H,1,9-13,16-17H2,2H3/t20-,21+/m0/s1. The molecule has 2 aromatic rings. The van der Waals surface area contributed by atoms with Gasteiger partial charge in [0.15, 0.2) is 0 Å². The van der Waals surface area contributed by atoms with Crippen molar-refractivity contribution in [1.82, 2.24) is 20.0 Å². The lowest BCUT2D eigenvalue weighted by molar-refractivity contribution is 0.0202. The Kier molecular flexibility index (Phi) is 6.01. The molecule has 2 radical (unpaired) electrons. The predicted octanol–water partition coefficient (Wildman–Crippen LogP) is 2.74. The molecule has 1 aromatic carbocycles. The van der Waals surface area contributed by atoms with Gasteiger partial charge < -0.3 is 15.0 Å². The van der Waals surface area contributed by atoms with E-state index in [9.17, 15) is 4.79 Å². The first-order chi connectivity index (χ1) is 14.1. The van der Waals surface area contributed by atoms with Gasteiger partial charge in [0.05, 0.1) is 24.9 Å². The normalized spacial score (nSPS) is 23.2. The van der Waals surface area contributed by atoms with Crippen LogP contribution in [-0.2, 0) is 4.74 Å². The average molecular weight is 395 g/mol. The first kappa shape index (κ1) is 20.1. The highest BCUT2D eigenvalue weighted by Gasteiger charge is 2.42. The van der Waals surface area contributed by atoms with Crippen LogP contribution in [-0.4, -0.2) is 60.0 Å². The smallest absolute Gasteiger partial charge is 0.257 e. The summed E-state index contributed by atoms with van der Waals surface area (Å²) < 4.78 is 7.14. The fraction of sp³-hybridized carbons (Fsp3) is 0.478. The van der Waals surface area contributed by atoms with E-state index in [1.54, 1.807) is 30.7 Å². The molecule has 4 rings (SSSR count). The Balaban J connectivity index is 1.31. The molecule has 1 saturated carbocycles. The SMILES string of the molecule is [CH2][CH]n1cc(C(=O)N2CCC(CN[C@@H]3C[C@H]3c3ccccc3)(COC)CC2)cn1. The maximum absolute atomic E-state index is 12.8. The van der Waals surface area contributed by atoms with Crippen LogP contribution in [0, 0.1) is 18.9 Å². The summed E-state index contributed by atoms with van der Waals surface area (Å²) in [7, 11) is 1.77. The van der Waals surface area contributed by atoms with Gasteiger partial charge in [0.1, 0.15) is 0 Å². The second kappa shape index (κ2) is 8.67. The second-order valence-electron chi connectivity index (χ2n) is 8.36. The topological polar surface area (TPSA) is 59.4 Å². The van der Waals surface area contributed by atoms with E-state index in [4.69, 9.17) is 4.74 Å². The van der Waals surface area contributed by atoms with Crippen molar-refractivity contribution < 1.29 is 9.53 Å². The van der Waals surface area contributed by atoms with E-state index < -0.39 is 0 Å². The lowest BCUT2D eigenvalue weighted by Gasteiger charge is -2.41. The number of hydrogen-bond donors (Lipinski definition) is 1. The third kappa shape index (κ3) is 4.54. The molecule has 0 bridgehead atoms. The lowest BCUT2D eigenvalue weighted by atomic mass is 9.78. The van der Waals surface area contributed by atoms with Crippen LogP contribution in [0.1, 0.15) is 41.1 Å². The van der Waals surface area contributed by atoms with Crippen molar-refractivity contribution in [3.8, 4) is 0 Å². The number of carbonyl (C=O) groups excluding carboxylic acids is 1. The molecule has 29 heavy (non-hydrogen) atoms. The van der Waals surface area contributed by atoms with E-state index in [1.165, 1.54) is 12.0 Å². The maximum atomic E-state index is 12.8. The van der Waals surface area contributed by atoms with E-state index in [0.29, 0.717) is 17.5 Å². The number of carbonyl (C=O) groups is 1. The van der Waals surface area contributed by atoms with Crippen molar-refractivity contribution in [2.24, 2.45) is 5.41 Å². The van der Waals surface area contributed by atoms with Crippen LogP contribution >= 0.6 is 0 Å². The second-order valence-corrected chi connectivity index (χ2v) is 8.36. The molecule has 2 heterocycles. The zero-order valence-corrected chi connectivity index (χ0v) is 17.1. The molecule has 1 aliphatic heterocycles. The summed E-state index contributed by atoms with van der Waals surface area (Å²) in [6, 6.07) is 11.3. The number of aromatic nitrogens is 2. The molecule has 2 aliphatic rings. The summed E-state index contributed by atoms with van der Waals surface area (Å²) in [5, 5.41) is 7.90. The molecule has 0 unspecified atom stereocenters. The highest BCUT2D eigenvalue weighted by Crippen LogP contribution is 2.42. The minimum Gasteiger partial charge on any atom is -0.384 e. The number of likely N-dealkylation sites (tertiary alicyclic amines) is 1. The molecule has 1 aliphatic carbocycles. The van der Waals surface area contributed by atoms with Gasteiger partial charge in [-0.05, 0) is 31.7 Å². The molecular weight excluding hydrogens is 364 g/mol. The largest absolute Gasteiger partial charge is 0.384 e. The zero-order chi connectivity index (χ0) is 20.3. The van der Waals surface area contributed by atoms with Crippen LogP contribution in [0.25, 0.3) is 0 Å². The van der Waals surface area contributed by atoms with Gasteiger partial charge in [-0.15, -0.1) is 0 Å². The number of rotatable bonds is 8. The Hall–Kier alpha value is -2.18. The van der Waals surface area contributed by atoms with Gasteiger partial charge >= 0.3 is 0 Å². The molecule has 1 amide bonds. The Bertz CT molecular complexity index is 811. The molecule has 1 saturated heterocycles. The zero-order valence-electron chi connectivity index (χ0n) is 17.1. The van der Waals surface area contributed by atoms with Crippen LogP contribution in [0.15, 0.2) is 42.7 Å². The molecular formula is C23H30N4O2. The molecule has 2 atom stereocenters. The molecule has 2 fully saturated rings. The number of amides is 1. The van der Waals surface area contributed by atoms with Gasteiger partial charge in [0, 0.05) is 50.3 Å². The van der Waals surface area contributed by atoms with Gasteiger partial charge in [0.25, 0.3) is 5.91 Å². The summed E-state index contributed by atoms with van der Waals surface area (Å²) >= 11 is 0. The van der Waals surface area contributed by atoms with Gasteiger partial charge in [-0.2, -0.15) is 5.10 Å². The number of methoxy groups -OCH3 is 1. The number of nitrogens with one attached hydrogen (secondary N) is 1. The Morgan fingerprint density at radius 1 is 1.34 bits per heavy atom. The fourth-order valence-corrected chi connectivity index (χ4v) is 4.43. The van der Waals surface area contributed by atoms with Gasteiger partial charge in [-0.25, -0.2) is 0 Å². The summed E-state index contributed by atoms with van der Waals surface area (Å²) in [6.45, 7) is 8.41. The van der Waals surface area contributed by atoms with E-state index >= 15 is 0 Å². The number of ether oxygens (including phenoxy) is 1. The maximum Gasteiger partial charge on any atom is 0.257 e. The predicted molar refractivity (Wildman–Crippen MR) is 112 cm³/mol. The molecule has 1 aromatic heterocycles. The van der Waals surface area contributed by atoms with E-state index in [0.717, 1.165) is 39.1 Å². The minimum atomic E-state index is 0.0448. The van der Waals surface area contributed by atoms with E-state index in [-0.39, 0.29) is 11.3 Å². The first-order valence-corrected chi connectivity index (χ1v) is 10.4. The number of benzene rings is 1. The fourth-order valence-electron chi connectivity index (χ4n) is 4.43. The van der Waals surface area contributed by atoms with E-state index in [2.05, 4.69) is 47.7 Å². The van der Waals surface area contributed by atoms with Crippen molar-refractivity contribution in [1.29, 1.82) is 0 Å². The molecule has 6 nitrogen and oxygen atoms in total. The third-order valence-corrected chi connectivity index (χ3v) is 6.35. The lowest BCUT2D eigenvalue weighted by Crippen LogP contribution is -2.49. The van der Waals surface area contributed by atoms with Crippen LogP contribution in [0.2, 0.25) is 0 Å². The van der Waals surface area contributed by atoms with Crippen LogP contribution in [0.4, 0.5) is 0 Å². The van der Waals surface area contributed by atoms with Gasteiger partial charge in [0.2, 0.25) is 0 Å². The Morgan fingerprint density at radius 2 is 2.10 bits per heavy atom. The molecule has 1 N–H and O–H groups in total. The number of piperidine rings is 1. The summed E-state index contributed by atoms with van der Waals surface area (Å²) in [5.41, 5.74) is 2.12. The van der Waals surface area contributed by atoms with Gasteiger partial charge in [-0.3, -0.25) is 9.48 Å². The first-order valence-electron chi connectivity index (χ1n) is 10.4. The Labute approximate surface area is 173 Å². The summed E-state index contributed by atoms with van der Waals surface area (Å²) in [4.78, 5) is 14.7. The van der Waals surface area contributed by atoms with Crippen molar-refractivity contribution in [2.75, 3.05) is 33.4 Å². The quantitative estimate of drug-likeness (QED) is 0.748. The van der Waals surface area contributed by atoms with E-state index in [1.807, 2.05) is 4.90 Å². The van der Waals surface area contributed by atoms with Crippen LogP contribution in [0.3, 0.4) is 0 Å². The van der Waals surface area contributed by atoms with Gasteiger partial charge in [-0.1, -0.05) is 30.3 Å². The molecule has 6 heteroatoms. The Morgan fingerprint density at radius 3 is 2.76 bits per heavy atom. The summed E-state index contributed by atoms with van der Waals surface area (Å²) in [6.07, 6.45) is 6.42. The van der Waals surface area contributed by atoms with Crippen LogP contribution in [0.5, 0.6) is 0 Å². The number of hydrogen-bond acceptors (Lipinski definition) is 4. The summed E-state index contributed by atoms with van der Waals surface area (Å²) in [5.74, 6) is 0.669. The number of nitrogens with zero attached hydrogens (tertiary/aromatic N) is 3. The highest BCUT2D eigenvalue weighted by molar-refractivity contribution is 5.93. The molecule has 0 spiro atoms.